The van der Waals surface area contributed by atoms with E-state index >= 15 is 0 Å². The van der Waals surface area contributed by atoms with Crippen molar-refractivity contribution in [2.75, 3.05) is 39.3 Å². The highest BCUT2D eigenvalue weighted by atomic mass is 35.5. The number of hydrogen-bond acceptors (Lipinski definition) is 4. The number of piperazine rings is 1. The van der Waals surface area contributed by atoms with E-state index in [0.717, 1.165) is 10.9 Å². The Labute approximate surface area is 156 Å². The van der Waals surface area contributed by atoms with Gasteiger partial charge in [0.2, 0.25) is 5.91 Å². The van der Waals surface area contributed by atoms with Crippen molar-refractivity contribution in [1.29, 1.82) is 0 Å². The normalized spacial score (nSPS) is 17.3. The second-order valence-corrected chi connectivity index (χ2v) is 6.88. The molecule has 1 aromatic heterocycles. The molecule has 2 aromatic rings. The van der Waals surface area contributed by atoms with E-state index in [1.165, 1.54) is 0 Å². The second-order valence-electron chi connectivity index (χ2n) is 6.44. The monoisotopic (exact) mass is 378 g/mol. The summed E-state index contributed by atoms with van der Waals surface area (Å²) < 4.78 is 0. The second kappa shape index (κ2) is 8.07. The molecular weight excluding hydrogens is 356 g/mol. The molecule has 0 bridgehead atoms. The number of carbonyl (C=O) groups is 2. The lowest BCUT2D eigenvalue weighted by molar-refractivity contribution is -0.144. The Balaban J connectivity index is 1.74. The van der Waals surface area contributed by atoms with Crippen molar-refractivity contribution in [3.63, 3.8) is 0 Å². The first-order chi connectivity index (χ1) is 12.5. The smallest absolute Gasteiger partial charge is 0.325 e. The predicted octanol–water partition coefficient (Wildman–Crippen LogP) is 1.70. The highest BCUT2D eigenvalue weighted by molar-refractivity contribution is 6.31. The van der Waals surface area contributed by atoms with E-state index in [1.54, 1.807) is 18.3 Å². The number of rotatable bonds is 6. The molecule has 3 N–H and O–H groups in total. The van der Waals surface area contributed by atoms with Crippen LogP contribution < -0.4 is 5.32 Å². The minimum atomic E-state index is -0.886. The SMILES string of the molecule is CCNC(=O)CN1CCN(C(C(=O)O)c2c[nH]c3ccc(Cl)cc23)CC1. The number of amides is 1. The third-order valence-corrected chi connectivity index (χ3v) is 4.95. The predicted molar refractivity (Wildman–Crippen MR) is 100 cm³/mol. The zero-order valence-electron chi connectivity index (χ0n) is 14.7. The molecule has 2 heterocycles. The summed E-state index contributed by atoms with van der Waals surface area (Å²) in [5, 5.41) is 14.0. The van der Waals surface area contributed by atoms with Crippen molar-refractivity contribution < 1.29 is 14.7 Å². The number of carboxylic acids is 1. The fraction of sp³-hybridized carbons (Fsp3) is 0.444. The Morgan fingerprint density at radius 2 is 2.04 bits per heavy atom. The van der Waals surface area contributed by atoms with E-state index in [9.17, 15) is 14.7 Å². The van der Waals surface area contributed by atoms with Gasteiger partial charge >= 0.3 is 5.97 Å². The van der Waals surface area contributed by atoms with E-state index in [4.69, 9.17) is 11.6 Å². The van der Waals surface area contributed by atoms with Gasteiger partial charge in [-0.05, 0) is 25.1 Å². The van der Waals surface area contributed by atoms with Crippen molar-refractivity contribution in [1.82, 2.24) is 20.1 Å². The molecular formula is C18H23ClN4O3. The molecule has 8 heteroatoms. The van der Waals surface area contributed by atoms with Gasteiger partial charge in [0.25, 0.3) is 0 Å². The molecule has 0 saturated carbocycles. The molecule has 3 rings (SSSR count). The first-order valence-electron chi connectivity index (χ1n) is 8.72. The van der Waals surface area contributed by atoms with Crippen molar-refractivity contribution in [3.8, 4) is 0 Å². The largest absolute Gasteiger partial charge is 0.480 e. The van der Waals surface area contributed by atoms with Gasteiger partial charge < -0.3 is 15.4 Å². The van der Waals surface area contributed by atoms with Crippen LogP contribution in [0.3, 0.4) is 0 Å². The molecule has 1 atom stereocenters. The van der Waals surface area contributed by atoms with Crippen LogP contribution in [0.2, 0.25) is 5.02 Å². The Morgan fingerprint density at radius 3 is 2.69 bits per heavy atom. The Hall–Kier alpha value is -2.09. The molecule has 0 aliphatic carbocycles. The summed E-state index contributed by atoms with van der Waals surface area (Å²) >= 11 is 6.09. The van der Waals surface area contributed by atoms with E-state index in [0.29, 0.717) is 49.9 Å². The summed E-state index contributed by atoms with van der Waals surface area (Å²) in [6.45, 7) is 5.34. The van der Waals surface area contributed by atoms with Gasteiger partial charge in [0, 0.05) is 60.4 Å². The number of nitrogens with zero attached hydrogens (tertiary/aromatic N) is 2. The van der Waals surface area contributed by atoms with Crippen LogP contribution in [0.4, 0.5) is 0 Å². The number of benzene rings is 1. The average Bonchev–Trinajstić information content (AvgIpc) is 2.99. The Bertz CT molecular complexity index is 799. The summed E-state index contributed by atoms with van der Waals surface area (Å²) in [7, 11) is 0. The minimum Gasteiger partial charge on any atom is -0.480 e. The lowest BCUT2D eigenvalue weighted by Gasteiger charge is -2.37. The van der Waals surface area contributed by atoms with Crippen LogP contribution in [0.1, 0.15) is 18.5 Å². The van der Waals surface area contributed by atoms with E-state index in [2.05, 4.69) is 10.3 Å². The number of aromatic amines is 1. The van der Waals surface area contributed by atoms with E-state index < -0.39 is 12.0 Å². The molecule has 1 fully saturated rings. The molecule has 140 valence electrons. The number of H-pyrrole nitrogens is 1. The molecule has 1 aliphatic heterocycles. The first kappa shape index (κ1) is 18.7. The quantitative estimate of drug-likeness (QED) is 0.712. The van der Waals surface area contributed by atoms with Crippen molar-refractivity contribution in [2.24, 2.45) is 0 Å². The van der Waals surface area contributed by atoms with Crippen molar-refractivity contribution in [2.45, 2.75) is 13.0 Å². The number of carbonyl (C=O) groups excluding carboxylic acids is 1. The highest BCUT2D eigenvalue weighted by Gasteiger charge is 2.32. The first-order valence-corrected chi connectivity index (χ1v) is 9.10. The van der Waals surface area contributed by atoms with Gasteiger partial charge in [-0.1, -0.05) is 11.6 Å². The maximum atomic E-state index is 12.0. The Morgan fingerprint density at radius 1 is 1.31 bits per heavy atom. The number of likely N-dealkylation sites (N-methyl/N-ethyl adjacent to an activating group) is 1. The highest BCUT2D eigenvalue weighted by Crippen LogP contribution is 2.31. The van der Waals surface area contributed by atoms with E-state index in [-0.39, 0.29) is 5.91 Å². The van der Waals surface area contributed by atoms with Crippen LogP contribution in [-0.4, -0.2) is 71.0 Å². The summed E-state index contributed by atoms with van der Waals surface area (Å²) in [6, 6.07) is 4.68. The van der Waals surface area contributed by atoms with Gasteiger partial charge in [0.15, 0.2) is 0 Å². The van der Waals surface area contributed by atoms with Gasteiger partial charge in [0.05, 0.1) is 6.54 Å². The van der Waals surface area contributed by atoms with Crippen LogP contribution in [0, 0.1) is 0 Å². The number of carboxylic acid groups (broad SMARTS) is 1. The molecule has 1 aliphatic rings. The maximum Gasteiger partial charge on any atom is 0.325 e. The minimum absolute atomic E-state index is 0.00186. The van der Waals surface area contributed by atoms with Gasteiger partial charge in [-0.15, -0.1) is 0 Å². The van der Waals surface area contributed by atoms with Gasteiger partial charge in [0.1, 0.15) is 6.04 Å². The number of fused-ring (bicyclic) bond motifs is 1. The van der Waals surface area contributed by atoms with Crippen molar-refractivity contribution >= 4 is 34.4 Å². The summed E-state index contributed by atoms with van der Waals surface area (Å²) in [6.07, 6.45) is 1.75. The fourth-order valence-electron chi connectivity index (χ4n) is 3.46. The molecule has 7 nitrogen and oxygen atoms in total. The summed E-state index contributed by atoms with van der Waals surface area (Å²) in [4.78, 5) is 30.8. The average molecular weight is 379 g/mol. The Kier molecular flexibility index (Phi) is 5.80. The summed E-state index contributed by atoms with van der Waals surface area (Å²) in [5.41, 5.74) is 1.58. The maximum absolute atomic E-state index is 12.0. The zero-order chi connectivity index (χ0) is 18.7. The number of aliphatic carboxylic acids is 1. The van der Waals surface area contributed by atoms with Crippen LogP contribution in [-0.2, 0) is 9.59 Å². The van der Waals surface area contributed by atoms with Crippen LogP contribution in [0.15, 0.2) is 24.4 Å². The van der Waals surface area contributed by atoms with Crippen LogP contribution >= 0.6 is 11.6 Å². The van der Waals surface area contributed by atoms with E-state index in [1.807, 2.05) is 22.8 Å². The third kappa shape index (κ3) is 4.00. The van der Waals surface area contributed by atoms with Gasteiger partial charge in [-0.25, -0.2) is 0 Å². The fourth-order valence-corrected chi connectivity index (χ4v) is 3.63. The molecule has 26 heavy (non-hydrogen) atoms. The summed E-state index contributed by atoms with van der Waals surface area (Å²) in [5.74, 6) is -0.884. The molecule has 0 spiro atoms. The van der Waals surface area contributed by atoms with Crippen LogP contribution in [0.5, 0.6) is 0 Å². The number of hydrogen-bond donors (Lipinski definition) is 3. The topological polar surface area (TPSA) is 88.7 Å². The lowest BCUT2D eigenvalue weighted by atomic mass is 10.0. The number of nitrogens with one attached hydrogen (secondary N) is 2. The van der Waals surface area contributed by atoms with Gasteiger partial charge in [-0.3, -0.25) is 19.4 Å². The standard InChI is InChI=1S/C18H23ClN4O3/c1-2-20-16(24)11-22-5-7-23(8-6-22)17(18(25)26)14-10-21-15-4-3-12(19)9-13(14)15/h3-4,9-10,17,21H,2,5-8,11H2,1H3,(H,20,24)(H,25,26). The zero-order valence-corrected chi connectivity index (χ0v) is 15.4. The van der Waals surface area contributed by atoms with Gasteiger partial charge in [-0.2, -0.15) is 0 Å². The third-order valence-electron chi connectivity index (χ3n) is 4.72. The molecule has 1 saturated heterocycles. The molecule has 1 amide bonds. The van der Waals surface area contributed by atoms with Crippen molar-refractivity contribution in [3.05, 3.63) is 35.0 Å². The molecule has 0 radical (unpaired) electrons. The number of halogens is 1. The van der Waals surface area contributed by atoms with Crippen LogP contribution in [0.25, 0.3) is 10.9 Å². The molecule has 1 aromatic carbocycles. The molecule has 1 unspecified atom stereocenters. The number of aromatic nitrogens is 1. The lowest BCUT2D eigenvalue weighted by Crippen LogP contribution is -2.51.